The number of hydrogen-bond donors (Lipinski definition) is 1. The van der Waals surface area contributed by atoms with Crippen LogP contribution in [0.25, 0.3) is 22.7 Å². The van der Waals surface area contributed by atoms with Gasteiger partial charge in [0.05, 0.1) is 24.4 Å². The highest BCUT2D eigenvalue weighted by molar-refractivity contribution is 7.14. The fourth-order valence-corrected chi connectivity index (χ4v) is 3.70. The van der Waals surface area contributed by atoms with Gasteiger partial charge in [-0.3, -0.25) is 4.79 Å². The van der Waals surface area contributed by atoms with Crippen LogP contribution in [0.1, 0.15) is 18.4 Å². The maximum atomic E-state index is 12.5. The Balaban J connectivity index is 1.41. The fourth-order valence-electron chi connectivity index (χ4n) is 2.96. The summed E-state index contributed by atoms with van der Waals surface area (Å²) < 4.78 is 11.2. The molecule has 0 aliphatic heterocycles. The van der Waals surface area contributed by atoms with E-state index in [1.807, 2.05) is 73.8 Å². The van der Waals surface area contributed by atoms with Gasteiger partial charge in [-0.1, -0.05) is 18.2 Å². The Morgan fingerprint density at radius 1 is 1.07 bits per heavy atom. The first-order chi connectivity index (χ1) is 14.6. The number of nitrogens with one attached hydrogen (secondary N) is 1. The summed E-state index contributed by atoms with van der Waals surface area (Å²) in [6.45, 7) is 4.39. The van der Waals surface area contributed by atoms with Crippen molar-refractivity contribution in [3.05, 3.63) is 71.4 Å². The van der Waals surface area contributed by atoms with Crippen LogP contribution in [0.5, 0.6) is 5.75 Å². The second kappa shape index (κ2) is 8.92. The van der Waals surface area contributed by atoms with Crippen molar-refractivity contribution >= 4 is 22.4 Å². The van der Waals surface area contributed by atoms with E-state index in [1.165, 1.54) is 11.3 Å². The van der Waals surface area contributed by atoms with Crippen LogP contribution < -0.4 is 10.1 Å². The van der Waals surface area contributed by atoms with Crippen LogP contribution >= 0.6 is 11.3 Å². The molecule has 7 heteroatoms. The van der Waals surface area contributed by atoms with Gasteiger partial charge in [0, 0.05) is 16.5 Å². The Kier molecular flexibility index (Phi) is 5.90. The smallest absolute Gasteiger partial charge is 0.232 e. The fraction of sp³-hybridized carbons (Fsp3) is 0.174. The topological polar surface area (TPSA) is 77.2 Å². The highest BCUT2D eigenvalue weighted by atomic mass is 32.1. The first kappa shape index (κ1) is 19.8. The second-order valence-electron chi connectivity index (χ2n) is 6.61. The van der Waals surface area contributed by atoms with Crippen molar-refractivity contribution in [2.75, 3.05) is 11.9 Å². The van der Waals surface area contributed by atoms with Gasteiger partial charge in [-0.2, -0.15) is 0 Å². The molecule has 0 aliphatic carbocycles. The van der Waals surface area contributed by atoms with E-state index in [4.69, 9.17) is 9.15 Å². The first-order valence-corrected chi connectivity index (χ1v) is 10.5. The third-order valence-electron chi connectivity index (χ3n) is 4.45. The van der Waals surface area contributed by atoms with Gasteiger partial charge in [-0.05, 0) is 50.2 Å². The number of benzene rings is 2. The lowest BCUT2D eigenvalue weighted by molar-refractivity contribution is -0.115. The Hall–Kier alpha value is -3.45. The van der Waals surface area contributed by atoms with Gasteiger partial charge >= 0.3 is 0 Å². The molecule has 0 unspecified atom stereocenters. The monoisotopic (exact) mass is 419 g/mol. The minimum Gasteiger partial charge on any atom is -0.494 e. The lowest BCUT2D eigenvalue weighted by Gasteiger charge is -2.03. The standard InChI is InChI=1S/C23H21N3O3S/c1-3-28-18-11-9-16(10-12-18)20-14-30-23(25-20)26-21(27)13-19-15(2)29-22(24-19)17-7-5-4-6-8-17/h4-12,14H,3,13H2,1-2H3,(H,25,26,27). The second-order valence-corrected chi connectivity index (χ2v) is 7.47. The van der Waals surface area contributed by atoms with Crippen LogP contribution in [0.3, 0.4) is 0 Å². The molecular weight excluding hydrogens is 398 g/mol. The molecule has 0 radical (unpaired) electrons. The van der Waals surface area contributed by atoms with Gasteiger partial charge in [-0.15, -0.1) is 11.3 Å². The molecule has 0 bridgehead atoms. The minimum atomic E-state index is -0.182. The molecule has 0 spiro atoms. The average molecular weight is 420 g/mol. The van der Waals surface area contributed by atoms with Crippen LogP contribution in [0.2, 0.25) is 0 Å². The van der Waals surface area contributed by atoms with Crippen molar-refractivity contribution < 1.29 is 13.9 Å². The molecule has 2 aromatic carbocycles. The third-order valence-corrected chi connectivity index (χ3v) is 5.21. The zero-order chi connectivity index (χ0) is 20.9. The summed E-state index contributed by atoms with van der Waals surface area (Å²) in [5, 5.41) is 5.32. The molecule has 0 aliphatic rings. The predicted molar refractivity (Wildman–Crippen MR) is 118 cm³/mol. The molecule has 4 aromatic rings. The number of carbonyl (C=O) groups excluding carboxylic acids is 1. The van der Waals surface area contributed by atoms with E-state index in [1.54, 1.807) is 0 Å². The Morgan fingerprint density at radius 2 is 1.83 bits per heavy atom. The number of amides is 1. The molecule has 1 amide bonds. The van der Waals surface area contributed by atoms with Crippen molar-refractivity contribution in [3.8, 4) is 28.5 Å². The van der Waals surface area contributed by atoms with E-state index in [2.05, 4.69) is 15.3 Å². The molecule has 152 valence electrons. The van der Waals surface area contributed by atoms with E-state index in [9.17, 15) is 4.79 Å². The lowest BCUT2D eigenvalue weighted by atomic mass is 10.2. The van der Waals surface area contributed by atoms with Gasteiger partial charge < -0.3 is 14.5 Å². The van der Waals surface area contributed by atoms with Crippen LogP contribution in [-0.2, 0) is 11.2 Å². The van der Waals surface area contributed by atoms with Gasteiger partial charge in [0.2, 0.25) is 11.8 Å². The SMILES string of the molecule is CCOc1ccc(-c2csc(NC(=O)Cc3nc(-c4ccccc4)oc3C)n2)cc1. The minimum absolute atomic E-state index is 0.125. The quantitative estimate of drug-likeness (QED) is 0.437. The summed E-state index contributed by atoms with van der Waals surface area (Å²) in [4.78, 5) is 21.5. The van der Waals surface area contributed by atoms with Crippen LogP contribution in [-0.4, -0.2) is 22.5 Å². The summed E-state index contributed by atoms with van der Waals surface area (Å²) >= 11 is 1.39. The van der Waals surface area contributed by atoms with E-state index in [0.717, 1.165) is 22.6 Å². The summed E-state index contributed by atoms with van der Waals surface area (Å²) in [7, 11) is 0. The number of oxazole rings is 1. The van der Waals surface area contributed by atoms with Gasteiger partial charge in [0.1, 0.15) is 11.5 Å². The van der Waals surface area contributed by atoms with E-state index >= 15 is 0 Å². The van der Waals surface area contributed by atoms with Gasteiger partial charge in [-0.25, -0.2) is 9.97 Å². The molecule has 0 atom stereocenters. The molecule has 0 fully saturated rings. The number of anilines is 1. The van der Waals surface area contributed by atoms with Crippen molar-refractivity contribution in [2.45, 2.75) is 20.3 Å². The predicted octanol–water partition coefficient (Wildman–Crippen LogP) is 5.35. The number of hydrogen-bond acceptors (Lipinski definition) is 6. The van der Waals surface area contributed by atoms with Crippen molar-refractivity contribution in [2.24, 2.45) is 0 Å². The van der Waals surface area contributed by atoms with Crippen LogP contribution in [0, 0.1) is 6.92 Å². The summed E-state index contributed by atoms with van der Waals surface area (Å²) in [5.74, 6) is 1.79. The largest absolute Gasteiger partial charge is 0.494 e. The summed E-state index contributed by atoms with van der Waals surface area (Å²) in [5.41, 5.74) is 3.28. The third kappa shape index (κ3) is 4.58. The van der Waals surface area contributed by atoms with E-state index in [-0.39, 0.29) is 12.3 Å². The summed E-state index contributed by atoms with van der Waals surface area (Å²) in [6.07, 6.45) is 0.125. The molecule has 6 nitrogen and oxygen atoms in total. The highest BCUT2D eigenvalue weighted by Gasteiger charge is 2.16. The van der Waals surface area contributed by atoms with Crippen LogP contribution in [0.4, 0.5) is 5.13 Å². The molecule has 2 aromatic heterocycles. The average Bonchev–Trinajstić information content (AvgIpc) is 3.36. The Labute approximate surface area is 178 Å². The summed E-state index contributed by atoms with van der Waals surface area (Å²) in [6, 6.07) is 17.4. The number of aryl methyl sites for hydroxylation is 1. The highest BCUT2D eigenvalue weighted by Crippen LogP contribution is 2.27. The van der Waals surface area contributed by atoms with E-state index in [0.29, 0.717) is 29.1 Å². The number of carbonyl (C=O) groups is 1. The lowest BCUT2D eigenvalue weighted by Crippen LogP contribution is -2.15. The maximum Gasteiger partial charge on any atom is 0.232 e. The zero-order valence-corrected chi connectivity index (χ0v) is 17.5. The Bertz CT molecular complexity index is 1130. The first-order valence-electron chi connectivity index (χ1n) is 9.62. The molecular formula is C23H21N3O3S. The number of rotatable bonds is 7. The van der Waals surface area contributed by atoms with Crippen molar-refractivity contribution in [1.29, 1.82) is 0 Å². The number of nitrogens with zero attached hydrogens (tertiary/aromatic N) is 2. The molecule has 0 saturated heterocycles. The Morgan fingerprint density at radius 3 is 2.57 bits per heavy atom. The molecule has 1 N–H and O–H groups in total. The van der Waals surface area contributed by atoms with Crippen LogP contribution in [0.15, 0.2) is 64.4 Å². The van der Waals surface area contributed by atoms with Crippen molar-refractivity contribution in [3.63, 3.8) is 0 Å². The molecule has 0 saturated carbocycles. The maximum absolute atomic E-state index is 12.5. The number of thiazole rings is 1. The van der Waals surface area contributed by atoms with Crippen molar-refractivity contribution in [1.82, 2.24) is 9.97 Å². The number of ether oxygens (including phenoxy) is 1. The molecule has 4 rings (SSSR count). The van der Waals surface area contributed by atoms with Gasteiger partial charge in [0.25, 0.3) is 0 Å². The normalized spacial score (nSPS) is 10.7. The zero-order valence-electron chi connectivity index (χ0n) is 16.7. The van der Waals surface area contributed by atoms with Gasteiger partial charge in [0.15, 0.2) is 5.13 Å². The molecule has 2 heterocycles. The van der Waals surface area contributed by atoms with E-state index < -0.39 is 0 Å². The molecule has 30 heavy (non-hydrogen) atoms. The number of aromatic nitrogens is 2.